The molecule has 7 heteroatoms. The van der Waals surface area contributed by atoms with Gasteiger partial charge in [0.2, 0.25) is 5.91 Å². The van der Waals surface area contributed by atoms with Crippen LogP contribution in [0, 0.1) is 13.8 Å². The van der Waals surface area contributed by atoms with Crippen LogP contribution in [0.25, 0.3) is 22.4 Å². The van der Waals surface area contributed by atoms with Gasteiger partial charge in [-0.3, -0.25) is 14.9 Å². The van der Waals surface area contributed by atoms with E-state index in [4.69, 9.17) is 4.42 Å². The van der Waals surface area contributed by atoms with Gasteiger partial charge in [0.15, 0.2) is 5.82 Å². The van der Waals surface area contributed by atoms with Gasteiger partial charge in [-0.15, -0.1) is 0 Å². The summed E-state index contributed by atoms with van der Waals surface area (Å²) in [5, 5.41) is 11.0. The number of aromatic nitrogens is 4. The van der Waals surface area contributed by atoms with Crippen molar-refractivity contribution in [2.45, 2.75) is 26.7 Å². The minimum atomic E-state index is -0.0465. The number of benzene rings is 1. The molecule has 0 aliphatic heterocycles. The fourth-order valence-corrected chi connectivity index (χ4v) is 3.07. The molecule has 28 heavy (non-hydrogen) atoms. The summed E-state index contributed by atoms with van der Waals surface area (Å²) in [6, 6.07) is 7.79. The monoisotopic (exact) mass is 375 g/mol. The largest absolute Gasteiger partial charge is 0.464 e. The first-order valence-corrected chi connectivity index (χ1v) is 9.16. The molecule has 3 aromatic heterocycles. The SMILES string of the molecule is Cc1cc2occ(CC(=O)NCCc3nc(-c4ccncc4)n[nH]3)c2cc1C. The van der Waals surface area contributed by atoms with Crippen molar-refractivity contribution in [1.29, 1.82) is 0 Å². The highest BCUT2D eigenvalue weighted by atomic mass is 16.3. The van der Waals surface area contributed by atoms with Gasteiger partial charge in [0.25, 0.3) is 0 Å². The number of hydrogen-bond acceptors (Lipinski definition) is 5. The Morgan fingerprint density at radius 2 is 1.96 bits per heavy atom. The molecule has 0 bridgehead atoms. The topological polar surface area (TPSA) is 96.7 Å². The van der Waals surface area contributed by atoms with Crippen LogP contribution in [0.15, 0.2) is 47.3 Å². The number of pyridine rings is 1. The van der Waals surface area contributed by atoms with Gasteiger partial charge in [-0.25, -0.2) is 4.98 Å². The first-order chi connectivity index (χ1) is 13.6. The third-order valence-electron chi connectivity index (χ3n) is 4.78. The lowest BCUT2D eigenvalue weighted by Gasteiger charge is -2.04. The molecule has 3 heterocycles. The summed E-state index contributed by atoms with van der Waals surface area (Å²) >= 11 is 0. The number of hydrogen-bond donors (Lipinski definition) is 2. The van der Waals surface area contributed by atoms with Gasteiger partial charge in [0.05, 0.1) is 12.7 Å². The van der Waals surface area contributed by atoms with Crippen LogP contribution in [0.5, 0.6) is 0 Å². The molecule has 7 nitrogen and oxygen atoms in total. The predicted molar refractivity (Wildman–Crippen MR) is 106 cm³/mol. The van der Waals surface area contributed by atoms with Crippen LogP contribution < -0.4 is 5.32 Å². The first-order valence-electron chi connectivity index (χ1n) is 9.16. The van der Waals surface area contributed by atoms with E-state index >= 15 is 0 Å². The van der Waals surface area contributed by atoms with Crippen LogP contribution in [-0.2, 0) is 17.6 Å². The van der Waals surface area contributed by atoms with Gasteiger partial charge < -0.3 is 9.73 Å². The average molecular weight is 375 g/mol. The number of nitrogens with one attached hydrogen (secondary N) is 2. The maximum atomic E-state index is 12.3. The molecule has 0 spiro atoms. The second-order valence-corrected chi connectivity index (χ2v) is 6.81. The van der Waals surface area contributed by atoms with Gasteiger partial charge in [0, 0.05) is 41.9 Å². The number of rotatable bonds is 6. The van der Waals surface area contributed by atoms with Crippen LogP contribution in [0.2, 0.25) is 0 Å². The Labute approximate surface area is 162 Å². The minimum Gasteiger partial charge on any atom is -0.464 e. The van der Waals surface area contributed by atoms with E-state index in [9.17, 15) is 4.79 Å². The first kappa shape index (κ1) is 17.9. The lowest BCUT2D eigenvalue weighted by atomic mass is 10.0. The average Bonchev–Trinajstić information content (AvgIpc) is 3.31. The van der Waals surface area contributed by atoms with Crippen LogP contribution >= 0.6 is 0 Å². The molecular weight excluding hydrogens is 354 g/mol. The molecule has 0 atom stereocenters. The summed E-state index contributed by atoms with van der Waals surface area (Å²) in [7, 11) is 0. The van der Waals surface area contributed by atoms with Crippen molar-refractivity contribution in [3.8, 4) is 11.4 Å². The number of carbonyl (C=O) groups is 1. The number of furan rings is 1. The minimum absolute atomic E-state index is 0.0465. The standard InChI is InChI=1S/C21H21N5O2/c1-13-9-17-16(12-28-18(17)10-14(13)2)11-20(27)23-8-5-19-24-21(26-25-19)15-3-6-22-7-4-15/h3-4,6-7,9-10,12H,5,8,11H2,1-2H3,(H,23,27)(H,24,25,26). The number of aromatic amines is 1. The highest BCUT2D eigenvalue weighted by Crippen LogP contribution is 2.25. The number of H-pyrrole nitrogens is 1. The van der Waals surface area contributed by atoms with E-state index in [0.29, 0.717) is 18.8 Å². The lowest BCUT2D eigenvalue weighted by molar-refractivity contribution is -0.120. The van der Waals surface area contributed by atoms with Crippen molar-refractivity contribution >= 4 is 16.9 Å². The number of nitrogens with zero attached hydrogens (tertiary/aromatic N) is 3. The fraction of sp³-hybridized carbons (Fsp3) is 0.238. The van der Waals surface area contributed by atoms with E-state index in [-0.39, 0.29) is 12.3 Å². The summed E-state index contributed by atoms with van der Waals surface area (Å²) in [6.07, 6.45) is 5.94. The molecule has 142 valence electrons. The zero-order valence-corrected chi connectivity index (χ0v) is 15.8. The van der Waals surface area contributed by atoms with Crippen molar-refractivity contribution in [2.24, 2.45) is 0 Å². The highest BCUT2D eigenvalue weighted by Gasteiger charge is 2.12. The number of aryl methyl sites for hydroxylation is 2. The maximum absolute atomic E-state index is 12.3. The van der Waals surface area contributed by atoms with Gasteiger partial charge >= 0.3 is 0 Å². The van der Waals surface area contributed by atoms with Crippen LogP contribution in [0.4, 0.5) is 0 Å². The smallest absolute Gasteiger partial charge is 0.224 e. The second-order valence-electron chi connectivity index (χ2n) is 6.81. The molecule has 0 saturated carbocycles. The molecule has 4 rings (SSSR count). The molecule has 1 aromatic carbocycles. The van der Waals surface area contributed by atoms with E-state index in [1.165, 1.54) is 11.1 Å². The van der Waals surface area contributed by atoms with Crippen molar-refractivity contribution in [3.05, 3.63) is 65.4 Å². The Morgan fingerprint density at radius 1 is 1.18 bits per heavy atom. The zero-order chi connectivity index (χ0) is 19.5. The lowest BCUT2D eigenvalue weighted by Crippen LogP contribution is -2.27. The number of amides is 1. The summed E-state index contributed by atoms with van der Waals surface area (Å²) < 4.78 is 5.60. The second kappa shape index (κ2) is 7.64. The van der Waals surface area contributed by atoms with E-state index in [2.05, 4.69) is 38.5 Å². The van der Waals surface area contributed by atoms with Crippen LogP contribution in [-0.4, -0.2) is 32.6 Å². The Bertz CT molecular complexity index is 1110. The fourth-order valence-electron chi connectivity index (χ4n) is 3.07. The quantitative estimate of drug-likeness (QED) is 0.540. The summed E-state index contributed by atoms with van der Waals surface area (Å²) in [5.74, 6) is 1.31. The predicted octanol–water partition coefficient (Wildman–Crippen LogP) is 3.13. The molecule has 2 N–H and O–H groups in total. The molecule has 0 aliphatic rings. The van der Waals surface area contributed by atoms with Crippen LogP contribution in [0.3, 0.4) is 0 Å². The molecule has 0 aliphatic carbocycles. The van der Waals surface area contributed by atoms with E-state index < -0.39 is 0 Å². The van der Waals surface area contributed by atoms with Gasteiger partial charge in [-0.2, -0.15) is 5.10 Å². The van der Waals surface area contributed by atoms with Crippen molar-refractivity contribution in [1.82, 2.24) is 25.5 Å². The molecule has 4 aromatic rings. The Morgan fingerprint density at radius 3 is 2.79 bits per heavy atom. The van der Waals surface area contributed by atoms with Crippen LogP contribution in [0.1, 0.15) is 22.5 Å². The van der Waals surface area contributed by atoms with Gasteiger partial charge in [-0.1, -0.05) is 0 Å². The van der Waals surface area contributed by atoms with Crippen molar-refractivity contribution in [3.63, 3.8) is 0 Å². The van der Waals surface area contributed by atoms with Crippen molar-refractivity contribution < 1.29 is 9.21 Å². The molecule has 0 radical (unpaired) electrons. The number of carbonyl (C=O) groups excluding carboxylic acids is 1. The highest BCUT2D eigenvalue weighted by molar-refractivity contribution is 5.88. The molecule has 0 saturated heterocycles. The Balaban J connectivity index is 1.33. The molecule has 0 unspecified atom stereocenters. The van der Waals surface area contributed by atoms with Gasteiger partial charge in [-0.05, 0) is 49.2 Å². The number of fused-ring (bicyclic) bond motifs is 1. The molecule has 0 fully saturated rings. The van der Waals surface area contributed by atoms with E-state index in [1.54, 1.807) is 18.7 Å². The summed E-state index contributed by atoms with van der Waals surface area (Å²) in [4.78, 5) is 20.8. The molecule has 1 amide bonds. The third-order valence-corrected chi connectivity index (χ3v) is 4.78. The van der Waals surface area contributed by atoms with Crippen molar-refractivity contribution in [2.75, 3.05) is 6.54 Å². The van der Waals surface area contributed by atoms with E-state index in [1.807, 2.05) is 25.1 Å². The molecular formula is C21H21N5O2. The Hall–Kier alpha value is -3.48. The third kappa shape index (κ3) is 3.78. The Kier molecular flexibility index (Phi) is 4.89. The maximum Gasteiger partial charge on any atom is 0.224 e. The normalized spacial score (nSPS) is 11.1. The zero-order valence-electron chi connectivity index (χ0n) is 15.8. The van der Waals surface area contributed by atoms with E-state index in [0.717, 1.165) is 27.9 Å². The summed E-state index contributed by atoms with van der Waals surface area (Å²) in [6.45, 7) is 4.59. The summed E-state index contributed by atoms with van der Waals surface area (Å²) in [5.41, 5.74) is 4.98. The van der Waals surface area contributed by atoms with Gasteiger partial charge in [0.1, 0.15) is 11.4 Å².